The topological polar surface area (TPSA) is 105 Å². The molecular weight excluding hydrogens is 550 g/mol. The van der Waals surface area contributed by atoms with Gasteiger partial charge >= 0.3 is 0 Å². The van der Waals surface area contributed by atoms with Gasteiger partial charge in [0, 0.05) is 23.6 Å². The van der Waals surface area contributed by atoms with Crippen molar-refractivity contribution in [2.24, 2.45) is 5.92 Å². The van der Waals surface area contributed by atoms with Gasteiger partial charge in [0.1, 0.15) is 12.6 Å². The van der Waals surface area contributed by atoms with Crippen molar-refractivity contribution in [2.75, 3.05) is 29.9 Å². The fraction of sp³-hybridized carbons (Fsp3) is 0.440. The maximum Gasteiger partial charge on any atom is 0.244 e. The second-order valence-electron chi connectivity index (χ2n) is 8.91. The maximum absolute atomic E-state index is 13.7. The molecule has 2 aromatic carbocycles. The average Bonchev–Trinajstić information content (AvgIpc) is 3.32. The number of hydrogen-bond acceptors (Lipinski definition) is 6. The summed E-state index contributed by atoms with van der Waals surface area (Å²) >= 11 is 3.40. The molecule has 1 unspecified atom stereocenters. The number of hydrogen-bond donors (Lipinski definition) is 1. The molecule has 196 valence electrons. The van der Waals surface area contributed by atoms with E-state index in [-0.39, 0.29) is 36.6 Å². The first-order valence-electron chi connectivity index (χ1n) is 11.7. The molecule has 0 saturated carbocycles. The third-order valence-electron chi connectivity index (χ3n) is 5.74. The summed E-state index contributed by atoms with van der Waals surface area (Å²) in [6.07, 6.45) is 0. The monoisotopic (exact) mass is 581 g/mol. The van der Waals surface area contributed by atoms with Crippen molar-refractivity contribution in [1.29, 1.82) is 0 Å². The number of anilines is 1. The first-order valence-corrected chi connectivity index (χ1v) is 14.1. The molecule has 0 saturated heterocycles. The zero-order valence-electron chi connectivity index (χ0n) is 20.9. The average molecular weight is 583 g/mol. The largest absolute Gasteiger partial charge is 0.454 e. The molecule has 2 aromatic rings. The summed E-state index contributed by atoms with van der Waals surface area (Å²) in [5, 5.41) is 2.86. The molecule has 11 heteroatoms. The fourth-order valence-electron chi connectivity index (χ4n) is 3.58. The number of rotatable bonds is 11. The molecule has 0 radical (unpaired) electrons. The minimum Gasteiger partial charge on any atom is -0.454 e. The molecule has 0 bridgehead atoms. The molecule has 9 nitrogen and oxygen atoms in total. The van der Waals surface area contributed by atoms with Crippen LogP contribution in [-0.4, -0.2) is 56.8 Å². The van der Waals surface area contributed by atoms with Crippen molar-refractivity contribution in [3.8, 4) is 11.5 Å². The molecule has 3 rings (SSSR count). The predicted molar refractivity (Wildman–Crippen MR) is 141 cm³/mol. The number of sulfonamides is 1. The zero-order valence-corrected chi connectivity index (χ0v) is 23.3. The third kappa shape index (κ3) is 6.91. The van der Waals surface area contributed by atoms with Crippen molar-refractivity contribution in [2.45, 2.75) is 40.3 Å². The van der Waals surface area contributed by atoms with Crippen LogP contribution in [-0.2, 0) is 26.2 Å². The molecule has 0 spiro atoms. The van der Waals surface area contributed by atoms with Gasteiger partial charge in [-0.3, -0.25) is 13.9 Å². The Morgan fingerprint density at radius 2 is 1.72 bits per heavy atom. The molecule has 1 atom stereocenters. The Labute approximate surface area is 220 Å². The van der Waals surface area contributed by atoms with E-state index in [0.29, 0.717) is 18.0 Å². The summed E-state index contributed by atoms with van der Waals surface area (Å²) in [5.41, 5.74) is 1.10. The Hall–Kier alpha value is -2.79. The van der Waals surface area contributed by atoms with Gasteiger partial charge in [-0.1, -0.05) is 41.9 Å². The number of nitrogens with one attached hydrogen (secondary N) is 1. The van der Waals surface area contributed by atoms with Crippen LogP contribution in [0.3, 0.4) is 0 Å². The lowest BCUT2D eigenvalue weighted by atomic mass is 10.1. The van der Waals surface area contributed by atoms with Gasteiger partial charge in [-0.15, -0.1) is 0 Å². The standard InChI is InChI=1S/C25H32BrN3O6S/c1-5-36(32,33)29(21-10-11-22-23(12-21)35-16-34-22)15-24(30)28(14-19-6-8-20(26)9-7-19)18(4)25(31)27-13-17(2)3/h6-12,17-18H,5,13-16H2,1-4H3,(H,27,31). The zero-order chi connectivity index (χ0) is 26.5. The third-order valence-corrected chi connectivity index (χ3v) is 8.01. The minimum atomic E-state index is -3.82. The SMILES string of the molecule is CCS(=O)(=O)N(CC(=O)N(Cc1ccc(Br)cc1)C(C)C(=O)NCC(C)C)c1ccc2c(c1)OCO2. The number of fused-ring (bicyclic) bond motifs is 1. The number of ether oxygens (including phenoxy) is 2. The summed E-state index contributed by atoms with van der Waals surface area (Å²) in [4.78, 5) is 28.0. The highest BCUT2D eigenvalue weighted by atomic mass is 79.9. The molecule has 0 aromatic heterocycles. The first-order chi connectivity index (χ1) is 17.0. The highest BCUT2D eigenvalue weighted by Crippen LogP contribution is 2.36. The molecule has 1 N–H and O–H groups in total. The normalized spacial score (nSPS) is 13.4. The van der Waals surface area contributed by atoms with Crippen LogP contribution in [0.2, 0.25) is 0 Å². The van der Waals surface area contributed by atoms with E-state index in [0.717, 1.165) is 14.3 Å². The van der Waals surface area contributed by atoms with Crippen molar-refractivity contribution < 1.29 is 27.5 Å². The number of nitrogens with zero attached hydrogens (tertiary/aromatic N) is 2. The van der Waals surface area contributed by atoms with Crippen LogP contribution in [0.1, 0.15) is 33.3 Å². The van der Waals surface area contributed by atoms with Crippen molar-refractivity contribution in [3.05, 3.63) is 52.5 Å². The summed E-state index contributed by atoms with van der Waals surface area (Å²) in [6, 6.07) is 11.3. The quantitative estimate of drug-likeness (QED) is 0.435. The predicted octanol–water partition coefficient (Wildman–Crippen LogP) is 3.52. The van der Waals surface area contributed by atoms with Crippen molar-refractivity contribution in [1.82, 2.24) is 10.2 Å². The van der Waals surface area contributed by atoms with E-state index in [1.54, 1.807) is 25.1 Å². The smallest absolute Gasteiger partial charge is 0.244 e. The van der Waals surface area contributed by atoms with Gasteiger partial charge in [0.15, 0.2) is 11.5 Å². The molecule has 0 aliphatic carbocycles. The van der Waals surface area contributed by atoms with Crippen molar-refractivity contribution in [3.63, 3.8) is 0 Å². The number of amides is 2. The van der Waals surface area contributed by atoms with Crippen LogP contribution in [0, 0.1) is 5.92 Å². The van der Waals surface area contributed by atoms with Crippen LogP contribution in [0.15, 0.2) is 46.9 Å². The summed E-state index contributed by atoms with van der Waals surface area (Å²) < 4.78 is 38.7. The second-order valence-corrected chi connectivity index (χ2v) is 12.0. The Bertz CT molecular complexity index is 1190. The van der Waals surface area contributed by atoms with Crippen LogP contribution < -0.4 is 19.1 Å². The second kappa shape index (κ2) is 12.0. The number of carbonyl (C=O) groups excluding carboxylic acids is 2. The molecular formula is C25H32BrN3O6S. The van der Waals surface area contributed by atoms with E-state index in [4.69, 9.17) is 9.47 Å². The molecule has 1 heterocycles. The van der Waals surface area contributed by atoms with E-state index in [1.807, 2.05) is 38.1 Å². The Morgan fingerprint density at radius 1 is 1.06 bits per heavy atom. The molecule has 1 aliphatic rings. The van der Waals surface area contributed by atoms with Crippen LogP contribution in [0.4, 0.5) is 5.69 Å². The van der Waals surface area contributed by atoms with Crippen LogP contribution >= 0.6 is 15.9 Å². The molecule has 2 amide bonds. The lowest BCUT2D eigenvalue weighted by Crippen LogP contribution is -2.51. The number of carbonyl (C=O) groups is 2. The van der Waals surface area contributed by atoms with Crippen LogP contribution in [0.5, 0.6) is 11.5 Å². The van der Waals surface area contributed by atoms with E-state index >= 15 is 0 Å². The van der Waals surface area contributed by atoms with E-state index in [1.165, 1.54) is 11.8 Å². The summed E-state index contributed by atoms with van der Waals surface area (Å²) in [5.74, 6) is 0.150. The van der Waals surface area contributed by atoms with Gasteiger partial charge in [-0.2, -0.15) is 0 Å². The first kappa shape index (κ1) is 27.8. The Balaban J connectivity index is 1.91. The highest BCUT2D eigenvalue weighted by molar-refractivity contribution is 9.10. The van der Waals surface area contributed by atoms with Gasteiger partial charge in [0.05, 0.1) is 11.4 Å². The molecule has 1 aliphatic heterocycles. The lowest BCUT2D eigenvalue weighted by Gasteiger charge is -2.32. The van der Waals surface area contributed by atoms with E-state index in [9.17, 15) is 18.0 Å². The molecule has 36 heavy (non-hydrogen) atoms. The van der Waals surface area contributed by atoms with Gasteiger partial charge in [-0.05, 0) is 49.6 Å². The molecule has 0 fully saturated rings. The minimum absolute atomic E-state index is 0.0439. The highest BCUT2D eigenvalue weighted by Gasteiger charge is 2.31. The maximum atomic E-state index is 13.7. The van der Waals surface area contributed by atoms with Gasteiger partial charge < -0.3 is 19.7 Å². The summed E-state index contributed by atoms with van der Waals surface area (Å²) in [6.45, 7) is 7.31. The van der Waals surface area contributed by atoms with Crippen molar-refractivity contribution >= 4 is 43.5 Å². The fourth-order valence-corrected chi connectivity index (χ4v) is 4.90. The van der Waals surface area contributed by atoms with Gasteiger partial charge in [0.2, 0.25) is 28.6 Å². The van der Waals surface area contributed by atoms with E-state index < -0.39 is 28.5 Å². The Kier molecular flexibility index (Phi) is 9.24. The number of halogens is 1. The number of benzene rings is 2. The lowest BCUT2D eigenvalue weighted by molar-refractivity contribution is -0.139. The Morgan fingerprint density at radius 3 is 2.36 bits per heavy atom. The van der Waals surface area contributed by atoms with Crippen LogP contribution in [0.25, 0.3) is 0 Å². The summed E-state index contributed by atoms with van der Waals surface area (Å²) in [7, 11) is -3.82. The van der Waals surface area contributed by atoms with E-state index in [2.05, 4.69) is 21.2 Å². The van der Waals surface area contributed by atoms with Gasteiger partial charge in [-0.25, -0.2) is 8.42 Å². The van der Waals surface area contributed by atoms with Gasteiger partial charge in [0.25, 0.3) is 0 Å².